The molecule has 0 aliphatic carbocycles. The van der Waals surface area contributed by atoms with E-state index in [4.69, 9.17) is 0 Å². The number of hydrogen-bond acceptors (Lipinski definition) is 2. The molecule has 0 saturated carbocycles. The van der Waals surface area contributed by atoms with E-state index < -0.39 is 0 Å². The molecule has 1 nitrogen and oxygen atoms in total. The summed E-state index contributed by atoms with van der Waals surface area (Å²) in [6.07, 6.45) is 3.54. The molecule has 0 aromatic heterocycles. The van der Waals surface area contributed by atoms with Crippen LogP contribution in [0, 0.1) is 17.8 Å². The summed E-state index contributed by atoms with van der Waals surface area (Å²) in [4.78, 5) is 2.45. The Hall–Kier alpha value is -0.130. The SMILES string of the molecule is CSC1CCN(CC#CC(C)C)C1. The Kier molecular flexibility index (Phi) is 4.69. The van der Waals surface area contributed by atoms with Gasteiger partial charge in [-0.25, -0.2) is 0 Å². The van der Waals surface area contributed by atoms with Crippen LogP contribution in [-0.4, -0.2) is 36.0 Å². The summed E-state index contributed by atoms with van der Waals surface area (Å²) in [5, 5.41) is 0.848. The summed E-state index contributed by atoms with van der Waals surface area (Å²) in [5.74, 6) is 6.96. The van der Waals surface area contributed by atoms with Crippen LogP contribution >= 0.6 is 11.8 Å². The highest BCUT2D eigenvalue weighted by molar-refractivity contribution is 7.99. The minimum Gasteiger partial charge on any atom is -0.291 e. The van der Waals surface area contributed by atoms with Crippen LogP contribution in [0.15, 0.2) is 0 Å². The van der Waals surface area contributed by atoms with Crippen LogP contribution in [0.1, 0.15) is 20.3 Å². The van der Waals surface area contributed by atoms with Crippen LogP contribution in [0.5, 0.6) is 0 Å². The van der Waals surface area contributed by atoms with Gasteiger partial charge in [0, 0.05) is 24.3 Å². The van der Waals surface area contributed by atoms with Gasteiger partial charge in [-0.2, -0.15) is 11.8 Å². The van der Waals surface area contributed by atoms with Crippen molar-refractivity contribution < 1.29 is 0 Å². The summed E-state index contributed by atoms with van der Waals surface area (Å²) in [6, 6.07) is 0. The van der Waals surface area contributed by atoms with Crippen molar-refractivity contribution in [3.8, 4) is 11.8 Å². The normalized spacial score (nSPS) is 23.2. The van der Waals surface area contributed by atoms with Crippen molar-refractivity contribution in [2.24, 2.45) is 5.92 Å². The number of likely N-dealkylation sites (tertiary alicyclic amines) is 1. The smallest absolute Gasteiger partial charge is 0.0602 e. The monoisotopic (exact) mass is 197 g/mol. The molecule has 0 amide bonds. The molecule has 0 bridgehead atoms. The zero-order valence-corrected chi connectivity index (χ0v) is 9.66. The van der Waals surface area contributed by atoms with Crippen LogP contribution in [0.3, 0.4) is 0 Å². The Bertz CT molecular complexity index is 202. The molecule has 1 aliphatic rings. The summed E-state index contributed by atoms with van der Waals surface area (Å²) >= 11 is 1.99. The first kappa shape index (κ1) is 10.9. The Morgan fingerprint density at radius 3 is 2.85 bits per heavy atom. The van der Waals surface area contributed by atoms with E-state index in [9.17, 15) is 0 Å². The molecule has 1 aliphatic heterocycles. The van der Waals surface area contributed by atoms with E-state index in [1.807, 2.05) is 11.8 Å². The number of thioether (sulfide) groups is 1. The predicted octanol–water partition coefficient (Wildman–Crippen LogP) is 2.08. The third kappa shape index (κ3) is 4.06. The fourth-order valence-electron chi connectivity index (χ4n) is 1.49. The summed E-state index contributed by atoms with van der Waals surface area (Å²) < 4.78 is 0. The van der Waals surface area contributed by atoms with Crippen molar-refractivity contribution in [1.82, 2.24) is 4.90 Å². The summed E-state index contributed by atoms with van der Waals surface area (Å²) in [6.45, 7) is 7.71. The van der Waals surface area contributed by atoms with Gasteiger partial charge in [0.2, 0.25) is 0 Å². The largest absolute Gasteiger partial charge is 0.291 e. The van der Waals surface area contributed by atoms with E-state index in [-0.39, 0.29) is 0 Å². The Morgan fingerprint density at radius 1 is 1.54 bits per heavy atom. The molecule has 1 rings (SSSR count). The fraction of sp³-hybridized carbons (Fsp3) is 0.818. The Balaban J connectivity index is 2.22. The molecule has 0 aromatic carbocycles. The number of nitrogens with zero attached hydrogens (tertiary/aromatic N) is 1. The maximum absolute atomic E-state index is 3.24. The van der Waals surface area contributed by atoms with Gasteiger partial charge in [-0.1, -0.05) is 25.7 Å². The van der Waals surface area contributed by atoms with Gasteiger partial charge >= 0.3 is 0 Å². The maximum atomic E-state index is 3.24. The van der Waals surface area contributed by atoms with Crippen LogP contribution < -0.4 is 0 Å². The molecule has 1 atom stereocenters. The lowest BCUT2D eigenvalue weighted by atomic mass is 10.2. The Morgan fingerprint density at radius 2 is 2.31 bits per heavy atom. The first-order valence-corrected chi connectivity index (χ1v) is 6.24. The topological polar surface area (TPSA) is 3.24 Å². The maximum Gasteiger partial charge on any atom is 0.0602 e. The standard InChI is InChI=1S/C11H19NS/c1-10(2)5-4-7-12-8-6-11(9-12)13-3/h10-11H,6-9H2,1-3H3. The molecular weight excluding hydrogens is 178 g/mol. The minimum absolute atomic E-state index is 0.513. The first-order chi connectivity index (χ1) is 6.22. The van der Waals surface area contributed by atoms with E-state index in [1.54, 1.807) is 0 Å². The van der Waals surface area contributed by atoms with Crippen LogP contribution in [0.4, 0.5) is 0 Å². The van der Waals surface area contributed by atoms with Crippen molar-refractivity contribution in [1.29, 1.82) is 0 Å². The summed E-state index contributed by atoms with van der Waals surface area (Å²) in [5.41, 5.74) is 0. The molecule has 1 heterocycles. The Labute approximate surface area is 86.3 Å². The van der Waals surface area contributed by atoms with Crippen LogP contribution in [-0.2, 0) is 0 Å². The third-order valence-corrected chi connectivity index (χ3v) is 3.31. The molecule has 74 valence electrons. The average molecular weight is 197 g/mol. The average Bonchev–Trinajstić information content (AvgIpc) is 2.52. The van der Waals surface area contributed by atoms with Gasteiger partial charge in [0.05, 0.1) is 6.54 Å². The van der Waals surface area contributed by atoms with Gasteiger partial charge < -0.3 is 0 Å². The quantitative estimate of drug-likeness (QED) is 0.624. The molecule has 2 heteroatoms. The number of hydrogen-bond donors (Lipinski definition) is 0. The molecule has 0 spiro atoms. The van der Waals surface area contributed by atoms with Crippen molar-refractivity contribution in [2.75, 3.05) is 25.9 Å². The zero-order valence-electron chi connectivity index (χ0n) is 8.84. The lowest BCUT2D eigenvalue weighted by molar-refractivity contribution is 0.384. The molecule has 13 heavy (non-hydrogen) atoms. The van der Waals surface area contributed by atoms with E-state index in [1.165, 1.54) is 19.5 Å². The highest BCUT2D eigenvalue weighted by atomic mass is 32.2. The van der Waals surface area contributed by atoms with Crippen molar-refractivity contribution in [2.45, 2.75) is 25.5 Å². The van der Waals surface area contributed by atoms with Crippen molar-refractivity contribution in [3.05, 3.63) is 0 Å². The highest BCUT2D eigenvalue weighted by Gasteiger charge is 2.19. The molecule has 1 saturated heterocycles. The van der Waals surface area contributed by atoms with Gasteiger partial charge in [-0.05, 0) is 12.7 Å². The first-order valence-electron chi connectivity index (χ1n) is 4.96. The molecule has 0 N–H and O–H groups in total. The second kappa shape index (κ2) is 5.57. The molecule has 0 radical (unpaired) electrons. The van der Waals surface area contributed by atoms with Gasteiger partial charge in [0.1, 0.15) is 0 Å². The lowest BCUT2D eigenvalue weighted by Gasteiger charge is -2.10. The predicted molar refractivity (Wildman–Crippen MR) is 61.0 cm³/mol. The van der Waals surface area contributed by atoms with Gasteiger partial charge in [-0.3, -0.25) is 4.90 Å². The number of rotatable bonds is 2. The second-order valence-electron chi connectivity index (χ2n) is 3.86. The third-order valence-electron chi connectivity index (χ3n) is 2.26. The lowest BCUT2D eigenvalue weighted by Crippen LogP contribution is -2.21. The zero-order chi connectivity index (χ0) is 9.68. The van der Waals surface area contributed by atoms with Gasteiger partial charge in [-0.15, -0.1) is 0 Å². The van der Waals surface area contributed by atoms with E-state index >= 15 is 0 Å². The molecule has 1 fully saturated rings. The van der Waals surface area contributed by atoms with Gasteiger partial charge in [0.25, 0.3) is 0 Å². The van der Waals surface area contributed by atoms with Crippen LogP contribution in [0.2, 0.25) is 0 Å². The molecule has 1 unspecified atom stereocenters. The van der Waals surface area contributed by atoms with E-state index in [2.05, 4.69) is 36.8 Å². The second-order valence-corrected chi connectivity index (χ2v) is 5.00. The van der Waals surface area contributed by atoms with E-state index in [0.29, 0.717) is 5.92 Å². The van der Waals surface area contributed by atoms with Crippen molar-refractivity contribution >= 4 is 11.8 Å². The summed E-state index contributed by atoms with van der Waals surface area (Å²) in [7, 11) is 0. The van der Waals surface area contributed by atoms with Crippen LogP contribution in [0.25, 0.3) is 0 Å². The van der Waals surface area contributed by atoms with Gasteiger partial charge in [0.15, 0.2) is 0 Å². The fourth-order valence-corrected chi connectivity index (χ4v) is 2.20. The minimum atomic E-state index is 0.513. The highest BCUT2D eigenvalue weighted by Crippen LogP contribution is 2.19. The molecular formula is C11H19NS. The van der Waals surface area contributed by atoms with Crippen molar-refractivity contribution in [3.63, 3.8) is 0 Å². The van der Waals surface area contributed by atoms with E-state index in [0.717, 1.165) is 11.8 Å². The molecule has 0 aromatic rings.